The van der Waals surface area contributed by atoms with Gasteiger partial charge in [-0.2, -0.15) is 0 Å². The number of aromatic nitrogens is 1. The predicted molar refractivity (Wildman–Crippen MR) is 80.4 cm³/mol. The van der Waals surface area contributed by atoms with Gasteiger partial charge in [0.05, 0.1) is 0 Å². The number of amides is 2. The van der Waals surface area contributed by atoms with E-state index in [1.807, 2.05) is 0 Å². The number of carbonyl (C=O) groups is 2. The molecule has 5 nitrogen and oxygen atoms in total. The Bertz CT molecular complexity index is 641. The Labute approximate surface area is 124 Å². The maximum atomic E-state index is 11.8. The zero-order valence-electron chi connectivity index (χ0n) is 10.7. The van der Waals surface area contributed by atoms with Crippen LogP contribution in [0, 0.1) is 6.92 Å². The molecule has 102 valence electrons. The summed E-state index contributed by atoms with van der Waals surface area (Å²) in [4.78, 5) is 27.5. The van der Waals surface area contributed by atoms with Crippen LogP contribution in [-0.2, 0) is 9.59 Å². The molecule has 1 aromatic heterocycles. The van der Waals surface area contributed by atoms with Crippen LogP contribution in [0.3, 0.4) is 0 Å². The van der Waals surface area contributed by atoms with Gasteiger partial charge in [-0.25, -0.2) is 4.98 Å². The van der Waals surface area contributed by atoms with Crippen molar-refractivity contribution in [3.8, 4) is 0 Å². The van der Waals surface area contributed by atoms with Crippen LogP contribution in [0.1, 0.15) is 5.56 Å². The lowest BCUT2D eigenvalue weighted by Gasteiger charge is -2.07. The smallest absolute Gasteiger partial charge is 0.315 e. The molecule has 6 heteroatoms. The first-order valence-corrected chi connectivity index (χ1v) is 6.65. The van der Waals surface area contributed by atoms with Crippen molar-refractivity contribution >= 4 is 39.2 Å². The second-order valence-corrected chi connectivity index (χ2v) is 5.00. The topological polar surface area (TPSA) is 71.1 Å². The Morgan fingerprint density at radius 2 is 1.70 bits per heavy atom. The van der Waals surface area contributed by atoms with Crippen molar-refractivity contribution in [2.24, 2.45) is 0 Å². The van der Waals surface area contributed by atoms with E-state index in [1.54, 1.807) is 49.5 Å². The number of benzene rings is 1. The molecule has 0 saturated carbocycles. The van der Waals surface area contributed by atoms with Crippen LogP contribution in [-0.4, -0.2) is 16.8 Å². The fourth-order valence-electron chi connectivity index (χ4n) is 1.50. The van der Waals surface area contributed by atoms with E-state index in [-0.39, 0.29) is 0 Å². The van der Waals surface area contributed by atoms with E-state index in [1.165, 1.54) is 0 Å². The first-order chi connectivity index (χ1) is 9.56. The molecule has 0 radical (unpaired) electrons. The zero-order chi connectivity index (χ0) is 14.5. The van der Waals surface area contributed by atoms with Crippen molar-refractivity contribution in [3.05, 3.63) is 52.6 Å². The number of rotatable bonds is 2. The minimum Gasteiger partial charge on any atom is -0.318 e. The third-order valence-electron chi connectivity index (χ3n) is 2.55. The number of nitrogens with zero attached hydrogens (tertiary/aromatic N) is 1. The van der Waals surface area contributed by atoms with Crippen LogP contribution in [0.4, 0.5) is 11.5 Å². The van der Waals surface area contributed by atoms with Gasteiger partial charge in [0.15, 0.2) is 0 Å². The van der Waals surface area contributed by atoms with E-state index >= 15 is 0 Å². The van der Waals surface area contributed by atoms with Gasteiger partial charge < -0.3 is 10.6 Å². The molecule has 0 bridgehead atoms. The molecule has 20 heavy (non-hydrogen) atoms. The van der Waals surface area contributed by atoms with Gasteiger partial charge in [0.1, 0.15) is 5.82 Å². The number of pyridine rings is 1. The highest BCUT2D eigenvalue weighted by Crippen LogP contribution is 2.14. The minimum absolute atomic E-state index is 0.378. The van der Waals surface area contributed by atoms with E-state index in [0.717, 1.165) is 10.0 Å². The summed E-state index contributed by atoms with van der Waals surface area (Å²) >= 11 is 3.29. The van der Waals surface area contributed by atoms with Gasteiger partial charge >= 0.3 is 11.8 Å². The number of carbonyl (C=O) groups excluding carboxylic acids is 2. The molecule has 0 spiro atoms. The Balaban J connectivity index is 2.01. The zero-order valence-corrected chi connectivity index (χ0v) is 12.3. The molecule has 1 heterocycles. The van der Waals surface area contributed by atoms with E-state index in [4.69, 9.17) is 0 Å². The van der Waals surface area contributed by atoms with Gasteiger partial charge in [0.25, 0.3) is 0 Å². The normalized spacial score (nSPS) is 9.90. The summed E-state index contributed by atoms with van der Waals surface area (Å²) in [5, 5.41) is 4.98. The molecule has 0 aliphatic carbocycles. The molecule has 0 unspecified atom stereocenters. The summed E-state index contributed by atoms with van der Waals surface area (Å²) in [7, 11) is 0. The van der Waals surface area contributed by atoms with Crippen molar-refractivity contribution in [2.45, 2.75) is 6.92 Å². The number of hydrogen-bond donors (Lipinski definition) is 2. The molecule has 0 aliphatic rings. The lowest BCUT2D eigenvalue weighted by molar-refractivity contribution is -0.133. The Morgan fingerprint density at radius 1 is 1.05 bits per heavy atom. The van der Waals surface area contributed by atoms with Crippen LogP contribution in [0.15, 0.2) is 47.1 Å². The standard InChI is InChI=1S/C14H12BrN3O2/c1-9-3-2-8-16-12(9)18-14(20)13(19)17-11-6-4-10(15)5-7-11/h2-8H,1H3,(H,17,19)(H,16,18,20). The van der Waals surface area contributed by atoms with E-state index in [9.17, 15) is 9.59 Å². The van der Waals surface area contributed by atoms with Crippen LogP contribution >= 0.6 is 15.9 Å². The summed E-state index contributed by atoms with van der Waals surface area (Å²) in [6.45, 7) is 1.80. The lowest BCUT2D eigenvalue weighted by Crippen LogP contribution is -2.29. The number of halogens is 1. The maximum absolute atomic E-state index is 11.8. The average molecular weight is 334 g/mol. The van der Waals surface area contributed by atoms with Crippen LogP contribution < -0.4 is 10.6 Å². The van der Waals surface area contributed by atoms with Crippen molar-refractivity contribution in [2.75, 3.05) is 10.6 Å². The fourth-order valence-corrected chi connectivity index (χ4v) is 1.77. The highest BCUT2D eigenvalue weighted by Gasteiger charge is 2.15. The van der Waals surface area contributed by atoms with E-state index < -0.39 is 11.8 Å². The SMILES string of the molecule is Cc1cccnc1NC(=O)C(=O)Nc1ccc(Br)cc1. The van der Waals surface area contributed by atoms with Gasteiger partial charge in [-0.3, -0.25) is 9.59 Å². The minimum atomic E-state index is -0.755. The third-order valence-corrected chi connectivity index (χ3v) is 3.08. The first-order valence-electron chi connectivity index (χ1n) is 5.86. The summed E-state index contributed by atoms with van der Waals surface area (Å²) < 4.78 is 0.893. The van der Waals surface area contributed by atoms with Crippen molar-refractivity contribution < 1.29 is 9.59 Å². The molecule has 2 N–H and O–H groups in total. The number of aryl methyl sites for hydroxylation is 1. The number of nitrogens with one attached hydrogen (secondary N) is 2. The molecular formula is C14H12BrN3O2. The van der Waals surface area contributed by atoms with Crippen molar-refractivity contribution in [1.29, 1.82) is 0 Å². The van der Waals surface area contributed by atoms with Gasteiger partial charge in [-0.1, -0.05) is 22.0 Å². The number of hydrogen-bond acceptors (Lipinski definition) is 3. The Kier molecular flexibility index (Phi) is 4.47. The second kappa shape index (κ2) is 6.29. The molecule has 2 aromatic rings. The summed E-state index contributed by atoms with van der Waals surface area (Å²) in [5.74, 6) is -1.12. The van der Waals surface area contributed by atoms with E-state index in [2.05, 4.69) is 31.5 Å². The highest BCUT2D eigenvalue weighted by molar-refractivity contribution is 9.10. The van der Waals surface area contributed by atoms with Crippen LogP contribution in [0.2, 0.25) is 0 Å². The molecule has 2 amide bonds. The molecule has 0 saturated heterocycles. The largest absolute Gasteiger partial charge is 0.318 e. The van der Waals surface area contributed by atoms with Gasteiger partial charge in [-0.05, 0) is 42.8 Å². The lowest BCUT2D eigenvalue weighted by atomic mass is 10.3. The third kappa shape index (κ3) is 3.64. The van der Waals surface area contributed by atoms with Gasteiger partial charge in [0, 0.05) is 16.4 Å². The molecule has 0 aliphatic heterocycles. The summed E-state index contributed by atoms with van der Waals surface area (Å²) in [6.07, 6.45) is 1.55. The average Bonchev–Trinajstić information content (AvgIpc) is 2.44. The molecular weight excluding hydrogens is 322 g/mol. The van der Waals surface area contributed by atoms with Crippen LogP contribution in [0.5, 0.6) is 0 Å². The summed E-state index contributed by atoms with van der Waals surface area (Å²) in [6, 6.07) is 10.5. The maximum Gasteiger partial charge on any atom is 0.315 e. The molecule has 2 rings (SSSR count). The molecule has 0 atom stereocenters. The first kappa shape index (κ1) is 14.2. The summed E-state index contributed by atoms with van der Waals surface area (Å²) in [5.41, 5.74) is 1.34. The molecule has 0 fully saturated rings. The van der Waals surface area contributed by atoms with Crippen molar-refractivity contribution in [3.63, 3.8) is 0 Å². The monoisotopic (exact) mass is 333 g/mol. The quantitative estimate of drug-likeness (QED) is 0.830. The van der Waals surface area contributed by atoms with Crippen LogP contribution in [0.25, 0.3) is 0 Å². The van der Waals surface area contributed by atoms with Crippen molar-refractivity contribution in [1.82, 2.24) is 4.98 Å². The number of anilines is 2. The van der Waals surface area contributed by atoms with Gasteiger partial charge in [-0.15, -0.1) is 0 Å². The fraction of sp³-hybridized carbons (Fsp3) is 0.0714. The predicted octanol–water partition coefficient (Wildman–Crippen LogP) is 2.73. The Hall–Kier alpha value is -2.21. The Morgan fingerprint density at radius 3 is 2.35 bits per heavy atom. The second-order valence-electron chi connectivity index (χ2n) is 4.08. The van der Waals surface area contributed by atoms with Gasteiger partial charge in [0.2, 0.25) is 0 Å². The molecule has 1 aromatic carbocycles. The van der Waals surface area contributed by atoms with E-state index in [0.29, 0.717) is 11.5 Å². The highest BCUT2D eigenvalue weighted by atomic mass is 79.9.